The van der Waals surface area contributed by atoms with Crippen LogP contribution >= 0.6 is 0 Å². The van der Waals surface area contributed by atoms with Gasteiger partial charge in [0.1, 0.15) is 0 Å². The van der Waals surface area contributed by atoms with Gasteiger partial charge in [-0.25, -0.2) is 0 Å². The molecule has 0 bridgehead atoms. The number of anilines is 2. The molecular formula is C27H28N2O4. The van der Waals surface area contributed by atoms with Crippen LogP contribution in [0.25, 0.3) is 0 Å². The highest BCUT2D eigenvalue weighted by molar-refractivity contribution is 6.20. The summed E-state index contributed by atoms with van der Waals surface area (Å²) in [5.41, 5.74) is 4.40. The number of ketones is 1. The lowest BCUT2D eigenvalue weighted by Crippen LogP contribution is -2.31. The van der Waals surface area contributed by atoms with Crippen LogP contribution in [-0.4, -0.2) is 29.9 Å². The molecule has 1 amide bonds. The van der Waals surface area contributed by atoms with Gasteiger partial charge in [-0.2, -0.15) is 0 Å². The maximum absolute atomic E-state index is 13.3. The van der Waals surface area contributed by atoms with Gasteiger partial charge in [-0.1, -0.05) is 29.8 Å². The number of Topliss-reactive ketones (excluding diaryl/α,β-unsaturated/α-hetero) is 1. The number of hydrogen-bond donors (Lipinski definition) is 1. The number of benzene rings is 2. The lowest BCUT2D eigenvalue weighted by atomic mass is 9.94. The molecule has 2 heterocycles. The standard InChI is InChI=1S/C27H28N2O4/c1-5-28(6-2)20-12-10-19(11-13-20)24-23(25(30)22-8-7-15-33-22)26(31)27(32)29(24)21-14-9-17(3)16-18(21)4/h7-16,24,31H,5-6H2,1-4H3. The Kier molecular flexibility index (Phi) is 6.09. The number of nitrogens with zero attached hydrogens (tertiary/aromatic N) is 2. The van der Waals surface area contributed by atoms with Gasteiger partial charge < -0.3 is 14.4 Å². The minimum Gasteiger partial charge on any atom is -0.503 e. The monoisotopic (exact) mass is 444 g/mol. The van der Waals surface area contributed by atoms with Gasteiger partial charge in [-0.05, 0) is 69.2 Å². The minimum atomic E-state index is -0.776. The van der Waals surface area contributed by atoms with Crippen molar-refractivity contribution in [2.24, 2.45) is 0 Å². The number of aliphatic hydroxyl groups excluding tert-OH is 1. The van der Waals surface area contributed by atoms with Crippen molar-refractivity contribution >= 4 is 23.1 Å². The number of amides is 1. The van der Waals surface area contributed by atoms with E-state index >= 15 is 0 Å². The topological polar surface area (TPSA) is 74.0 Å². The van der Waals surface area contributed by atoms with Gasteiger partial charge in [0.05, 0.1) is 17.9 Å². The van der Waals surface area contributed by atoms with E-state index in [1.165, 1.54) is 17.2 Å². The molecule has 6 nitrogen and oxygen atoms in total. The first-order chi connectivity index (χ1) is 15.9. The molecule has 170 valence electrons. The van der Waals surface area contributed by atoms with Gasteiger partial charge in [-0.3, -0.25) is 14.5 Å². The van der Waals surface area contributed by atoms with E-state index in [2.05, 4.69) is 18.7 Å². The highest BCUT2D eigenvalue weighted by Crippen LogP contribution is 2.43. The average molecular weight is 445 g/mol. The SMILES string of the molecule is CCN(CC)c1ccc(C2C(C(=O)c3ccco3)=C(O)C(=O)N2c2ccc(C)cc2C)cc1. The van der Waals surface area contributed by atoms with Crippen molar-refractivity contribution < 1.29 is 19.1 Å². The van der Waals surface area contributed by atoms with Crippen molar-refractivity contribution in [1.29, 1.82) is 0 Å². The summed E-state index contributed by atoms with van der Waals surface area (Å²) in [6.07, 6.45) is 1.40. The normalized spacial score (nSPS) is 15.9. The molecule has 1 unspecified atom stereocenters. The zero-order valence-corrected chi connectivity index (χ0v) is 19.3. The number of rotatable bonds is 7. The van der Waals surface area contributed by atoms with Gasteiger partial charge in [0, 0.05) is 24.5 Å². The van der Waals surface area contributed by atoms with Crippen LogP contribution in [0.15, 0.2) is 76.6 Å². The summed E-state index contributed by atoms with van der Waals surface area (Å²) < 4.78 is 5.30. The van der Waals surface area contributed by atoms with E-state index in [0.717, 1.165) is 35.5 Å². The zero-order valence-electron chi connectivity index (χ0n) is 19.3. The fourth-order valence-electron chi connectivity index (χ4n) is 4.47. The molecule has 3 aromatic rings. The molecule has 1 aliphatic rings. The molecule has 0 saturated carbocycles. The molecule has 0 radical (unpaired) electrons. The zero-order chi connectivity index (χ0) is 23.7. The fourth-order valence-corrected chi connectivity index (χ4v) is 4.47. The summed E-state index contributed by atoms with van der Waals surface area (Å²) in [6, 6.07) is 15.9. The van der Waals surface area contributed by atoms with Crippen LogP contribution < -0.4 is 9.80 Å². The van der Waals surface area contributed by atoms with E-state index in [0.29, 0.717) is 5.69 Å². The first-order valence-electron chi connectivity index (χ1n) is 11.1. The number of carbonyl (C=O) groups is 2. The average Bonchev–Trinajstić information content (AvgIpc) is 3.43. The molecule has 6 heteroatoms. The van der Waals surface area contributed by atoms with E-state index in [1.807, 2.05) is 56.3 Å². The first kappa shape index (κ1) is 22.4. The molecule has 1 aromatic heterocycles. The quantitative estimate of drug-likeness (QED) is 0.485. The number of aryl methyl sites for hydroxylation is 2. The Morgan fingerprint density at radius 3 is 2.33 bits per heavy atom. The van der Waals surface area contributed by atoms with Gasteiger partial charge in [-0.15, -0.1) is 0 Å². The molecule has 0 spiro atoms. The van der Waals surface area contributed by atoms with Gasteiger partial charge in [0.25, 0.3) is 5.91 Å². The fraction of sp³-hybridized carbons (Fsp3) is 0.259. The van der Waals surface area contributed by atoms with Crippen molar-refractivity contribution in [2.45, 2.75) is 33.7 Å². The summed E-state index contributed by atoms with van der Waals surface area (Å²) in [5, 5.41) is 10.9. The second-order valence-corrected chi connectivity index (χ2v) is 8.20. The Balaban J connectivity index is 1.86. The Labute approximate surface area is 193 Å². The smallest absolute Gasteiger partial charge is 0.294 e. The molecule has 4 rings (SSSR count). The number of hydrogen-bond acceptors (Lipinski definition) is 5. The second-order valence-electron chi connectivity index (χ2n) is 8.20. The molecule has 1 N–H and O–H groups in total. The summed E-state index contributed by atoms with van der Waals surface area (Å²) in [7, 11) is 0. The Morgan fingerprint density at radius 1 is 1.06 bits per heavy atom. The largest absolute Gasteiger partial charge is 0.503 e. The molecule has 0 aliphatic carbocycles. The lowest BCUT2D eigenvalue weighted by molar-refractivity contribution is -0.117. The molecule has 1 aliphatic heterocycles. The highest BCUT2D eigenvalue weighted by atomic mass is 16.3. The van der Waals surface area contributed by atoms with Crippen molar-refractivity contribution in [1.82, 2.24) is 0 Å². The number of carbonyl (C=O) groups excluding carboxylic acids is 2. The van der Waals surface area contributed by atoms with Gasteiger partial charge in [0.2, 0.25) is 5.78 Å². The van der Waals surface area contributed by atoms with Gasteiger partial charge >= 0.3 is 0 Å². The molecule has 33 heavy (non-hydrogen) atoms. The number of aliphatic hydroxyl groups is 1. The maximum Gasteiger partial charge on any atom is 0.294 e. The van der Waals surface area contributed by atoms with Crippen molar-refractivity contribution in [3.05, 3.63) is 94.6 Å². The summed E-state index contributed by atoms with van der Waals surface area (Å²) in [5.74, 6) is -1.57. The minimum absolute atomic E-state index is 0.0190. The van der Waals surface area contributed by atoms with Crippen molar-refractivity contribution in [3.8, 4) is 0 Å². The number of furan rings is 1. The van der Waals surface area contributed by atoms with E-state index in [4.69, 9.17) is 4.42 Å². The van der Waals surface area contributed by atoms with Crippen LogP contribution in [0, 0.1) is 13.8 Å². The van der Waals surface area contributed by atoms with Crippen LogP contribution in [-0.2, 0) is 4.79 Å². The Bertz CT molecular complexity index is 1210. The van der Waals surface area contributed by atoms with E-state index in [9.17, 15) is 14.7 Å². The molecule has 0 fully saturated rings. The highest BCUT2D eigenvalue weighted by Gasteiger charge is 2.45. The van der Waals surface area contributed by atoms with E-state index < -0.39 is 23.5 Å². The Morgan fingerprint density at radius 2 is 1.76 bits per heavy atom. The molecular weight excluding hydrogens is 416 g/mol. The summed E-state index contributed by atoms with van der Waals surface area (Å²) in [6.45, 7) is 9.82. The Hall–Kier alpha value is -3.80. The maximum atomic E-state index is 13.3. The van der Waals surface area contributed by atoms with Gasteiger partial charge in [0.15, 0.2) is 11.5 Å². The molecule has 0 saturated heterocycles. The lowest BCUT2D eigenvalue weighted by Gasteiger charge is -2.29. The van der Waals surface area contributed by atoms with Crippen LogP contribution in [0.2, 0.25) is 0 Å². The molecule has 2 aromatic carbocycles. The first-order valence-corrected chi connectivity index (χ1v) is 11.1. The third-order valence-corrected chi connectivity index (χ3v) is 6.15. The van der Waals surface area contributed by atoms with Crippen LogP contribution in [0.1, 0.15) is 47.1 Å². The van der Waals surface area contributed by atoms with Crippen LogP contribution in [0.4, 0.5) is 11.4 Å². The third-order valence-electron chi connectivity index (χ3n) is 6.15. The van der Waals surface area contributed by atoms with E-state index in [-0.39, 0.29) is 11.3 Å². The van der Waals surface area contributed by atoms with E-state index in [1.54, 1.807) is 6.07 Å². The predicted molar refractivity (Wildman–Crippen MR) is 129 cm³/mol. The van der Waals surface area contributed by atoms with Crippen LogP contribution in [0.5, 0.6) is 0 Å². The molecule has 1 atom stereocenters. The predicted octanol–water partition coefficient (Wildman–Crippen LogP) is 5.53. The summed E-state index contributed by atoms with van der Waals surface area (Å²) in [4.78, 5) is 30.4. The van der Waals surface area contributed by atoms with Crippen LogP contribution in [0.3, 0.4) is 0 Å². The third kappa shape index (κ3) is 3.93. The second kappa shape index (κ2) is 8.98. The summed E-state index contributed by atoms with van der Waals surface area (Å²) >= 11 is 0. The van der Waals surface area contributed by atoms with Crippen molar-refractivity contribution in [3.63, 3.8) is 0 Å². The van der Waals surface area contributed by atoms with Crippen molar-refractivity contribution in [2.75, 3.05) is 22.9 Å².